The smallest absolute Gasteiger partial charge is 0.408 e. The van der Waals surface area contributed by atoms with Crippen LogP contribution < -0.4 is 10.2 Å². The van der Waals surface area contributed by atoms with E-state index in [-0.39, 0.29) is 41.8 Å². The number of ether oxygens (including phenoxy) is 2. The highest BCUT2D eigenvalue weighted by Crippen LogP contribution is 2.43. The van der Waals surface area contributed by atoms with Gasteiger partial charge in [-0.3, -0.25) is 9.59 Å². The Balaban J connectivity index is 0.899. The average Bonchev–Trinajstić information content (AvgIpc) is 3.52. The SMILES string of the molecule is C[C@@H]1C[C@@H](O)c2ncnc(N3CCN(C(=O)[C@H](CN4CCC(OC5CCN(C(=O)[C@H](NC(=O)OC(C)(C)C)C6CCCCC6)CC5)CC4)c4ccc(Cl)cc4)CC3)c21. The average molecular weight is 822 g/mol. The molecule has 1 aromatic carbocycles. The van der Waals surface area contributed by atoms with Gasteiger partial charge < -0.3 is 39.5 Å². The topological polar surface area (TPSA) is 141 Å². The molecule has 7 rings (SSSR count). The van der Waals surface area contributed by atoms with Crippen molar-refractivity contribution >= 4 is 35.3 Å². The van der Waals surface area contributed by atoms with E-state index in [1.54, 1.807) is 6.33 Å². The van der Waals surface area contributed by atoms with E-state index in [4.69, 9.17) is 21.1 Å². The predicted molar refractivity (Wildman–Crippen MR) is 223 cm³/mol. The molecule has 0 radical (unpaired) electrons. The van der Waals surface area contributed by atoms with Gasteiger partial charge in [-0.05, 0) is 95.2 Å². The minimum absolute atomic E-state index is 0.000440. The fourth-order valence-electron chi connectivity index (χ4n) is 9.78. The molecule has 14 heteroatoms. The normalized spacial score (nSPS) is 24.0. The van der Waals surface area contributed by atoms with Gasteiger partial charge in [0.1, 0.15) is 23.8 Å². The van der Waals surface area contributed by atoms with E-state index in [0.717, 1.165) is 87.1 Å². The van der Waals surface area contributed by atoms with Crippen LogP contribution >= 0.6 is 11.6 Å². The molecule has 4 atom stereocenters. The summed E-state index contributed by atoms with van der Waals surface area (Å²) in [6, 6.07) is 7.14. The van der Waals surface area contributed by atoms with Gasteiger partial charge in [-0.2, -0.15) is 0 Å². The Hall–Kier alpha value is -3.52. The Morgan fingerprint density at radius 2 is 1.47 bits per heavy atom. The lowest BCUT2D eigenvalue weighted by Crippen LogP contribution is -2.55. The lowest BCUT2D eigenvalue weighted by atomic mass is 9.83. The summed E-state index contributed by atoms with van der Waals surface area (Å²) in [5.41, 5.74) is 2.11. The third kappa shape index (κ3) is 10.4. The maximum absolute atomic E-state index is 14.3. The summed E-state index contributed by atoms with van der Waals surface area (Å²) in [7, 11) is 0. The number of nitrogens with zero attached hydrogens (tertiary/aromatic N) is 6. The summed E-state index contributed by atoms with van der Waals surface area (Å²) in [6.45, 7) is 13.7. The number of hydrogen-bond donors (Lipinski definition) is 2. The number of rotatable bonds is 10. The number of nitrogens with one attached hydrogen (secondary N) is 1. The van der Waals surface area contributed by atoms with Crippen molar-refractivity contribution in [2.24, 2.45) is 5.92 Å². The predicted octanol–water partition coefficient (Wildman–Crippen LogP) is 6.05. The molecule has 58 heavy (non-hydrogen) atoms. The van der Waals surface area contributed by atoms with Crippen LogP contribution in [0.2, 0.25) is 5.02 Å². The fourth-order valence-corrected chi connectivity index (χ4v) is 9.91. The number of aromatic nitrogens is 2. The van der Waals surface area contributed by atoms with Gasteiger partial charge in [0.25, 0.3) is 0 Å². The molecule has 2 N–H and O–H groups in total. The second kappa shape index (κ2) is 18.8. The van der Waals surface area contributed by atoms with Gasteiger partial charge in [0.2, 0.25) is 11.8 Å². The zero-order valence-corrected chi connectivity index (χ0v) is 35.7. The number of hydrogen-bond acceptors (Lipinski definition) is 10. The second-order valence-corrected chi connectivity index (χ2v) is 18.7. The lowest BCUT2D eigenvalue weighted by Gasteiger charge is -2.40. The van der Waals surface area contributed by atoms with Crippen molar-refractivity contribution in [2.45, 2.75) is 134 Å². The minimum Gasteiger partial charge on any atom is -0.444 e. The van der Waals surface area contributed by atoms with Gasteiger partial charge in [-0.25, -0.2) is 14.8 Å². The zero-order valence-electron chi connectivity index (χ0n) is 34.9. The first-order chi connectivity index (χ1) is 27.8. The van der Waals surface area contributed by atoms with Gasteiger partial charge in [-0.15, -0.1) is 0 Å². The van der Waals surface area contributed by atoms with Crippen LogP contribution in [0.25, 0.3) is 0 Å². The number of carbonyl (C=O) groups is 3. The molecule has 1 saturated carbocycles. The first-order valence-corrected chi connectivity index (χ1v) is 22.2. The number of carbonyl (C=O) groups excluding carboxylic acids is 3. The zero-order chi connectivity index (χ0) is 41.0. The number of halogens is 1. The number of anilines is 1. The summed E-state index contributed by atoms with van der Waals surface area (Å²) in [5, 5.41) is 14.1. The highest BCUT2D eigenvalue weighted by Gasteiger charge is 2.39. The Kier molecular flexibility index (Phi) is 13.8. The second-order valence-electron chi connectivity index (χ2n) is 18.2. The van der Waals surface area contributed by atoms with Crippen LogP contribution in [0.15, 0.2) is 30.6 Å². The van der Waals surface area contributed by atoms with Crippen LogP contribution in [-0.4, -0.2) is 130 Å². The van der Waals surface area contributed by atoms with E-state index in [9.17, 15) is 19.5 Å². The molecule has 2 aliphatic carbocycles. The first-order valence-electron chi connectivity index (χ1n) is 21.8. The summed E-state index contributed by atoms with van der Waals surface area (Å²) in [6.07, 6.45) is 9.88. The van der Waals surface area contributed by atoms with Crippen molar-refractivity contribution in [1.29, 1.82) is 0 Å². The Morgan fingerprint density at radius 3 is 2.10 bits per heavy atom. The molecule has 0 bridgehead atoms. The molecule has 3 saturated heterocycles. The maximum atomic E-state index is 14.3. The Labute approximate surface area is 349 Å². The van der Waals surface area contributed by atoms with E-state index >= 15 is 0 Å². The first kappa shape index (κ1) is 42.6. The van der Waals surface area contributed by atoms with Gasteiger partial charge in [-0.1, -0.05) is 49.9 Å². The highest BCUT2D eigenvalue weighted by atomic mass is 35.5. The van der Waals surface area contributed by atoms with Gasteiger partial charge >= 0.3 is 6.09 Å². The van der Waals surface area contributed by atoms with Crippen molar-refractivity contribution in [3.63, 3.8) is 0 Å². The molecule has 4 heterocycles. The minimum atomic E-state index is -0.630. The molecule has 5 aliphatic rings. The van der Waals surface area contributed by atoms with E-state index in [2.05, 4.69) is 32.0 Å². The van der Waals surface area contributed by atoms with E-state index in [1.165, 1.54) is 6.42 Å². The van der Waals surface area contributed by atoms with Crippen LogP contribution in [0.1, 0.15) is 127 Å². The van der Waals surface area contributed by atoms with Crippen LogP contribution in [0.5, 0.6) is 0 Å². The van der Waals surface area contributed by atoms with E-state index in [0.29, 0.717) is 57.3 Å². The molecule has 13 nitrogen and oxygen atoms in total. The third-order valence-electron chi connectivity index (χ3n) is 12.9. The van der Waals surface area contributed by atoms with E-state index < -0.39 is 23.8 Å². The molecule has 3 aliphatic heterocycles. The Morgan fingerprint density at radius 1 is 0.845 bits per heavy atom. The van der Waals surface area contributed by atoms with Crippen LogP contribution in [0.4, 0.5) is 10.6 Å². The van der Waals surface area contributed by atoms with Crippen LogP contribution in [-0.2, 0) is 19.1 Å². The maximum Gasteiger partial charge on any atom is 0.408 e. The van der Waals surface area contributed by atoms with Crippen LogP contribution in [0.3, 0.4) is 0 Å². The number of fused-ring (bicyclic) bond motifs is 1. The molecule has 2 aromatic rings. The summed E-state index contributed by atoms with van der Waals surface area (Å²) in [4.78, 5) is 58.6. The monoisotopic (exact) mass is 821 g/mol. The highest BCUT2D eigenvalue weighted by molar-refractivity contribution is 6.30. The largest absolute Gasteiger partial charge is 0.444 e. The fraction of sp³-hybridized carbons (Fsp3) is 0.705. The molecule has 4 fully saturated rings. The Bertz CT molecular complexity index is 1710. The number of alkyl carbamates (subject to hydrolysis) is 1. The summed E-state index contributed by atoms with van der Waals surface area (Å²) < 4.78 is 12.2. The van der Waals surface area contributed by atoms with Gasteiger partial charge in [0.15, 0.2) is 0 Å². The molecule has 3 amide bonds. The van der Waals surface area contributed by atoms with Gasteiger partial charge in [0.05, 0.1) is 29.9 Å². The van der Waals surface area contributed by atoms with Crippen molar-refractivity contribution < 1.29 is 29.0 Å². The molecule has 0 unspecified atom stereocenters. The number of likely N-dealkylation sites (tertiary alicyclic amines) is 2. The number of amides is 3. The van der Waals surface area contributed by atoms with Crippen molar-refractivity contribution in [1.82, 2.24) is 30.0 Å². The lowest BCUT2D eigenvalue weighted by molar-refractivity contribution is -0.139. The molecule has 0 spiro atoms. The number of piperazine rings is 1. The third-order valence-corrected chi connectivity index (χ3v) is 13.2. The number of aliphatic hydroxyl groups is 1. The van der Waals surface area contributed by atoms with Crippen molar-refractivity contribution in [3.05, 3.63) is 52.4 Å². The standard InChI is InChI=1S/C44H64ClN7O6/c1-29-26-36(53)39-37(29)40(47-28-46-39)50-22-24-52(25-23-50)41(54)35(30-10-12-32(45)13-11-30)27-49-18-14-33(15-19-49)57-34-16-20-51(21-17-34)42(55)38(31-8-6-5-7-9-31)48-43(56)58-44(2,3)4/h10-13,28-29,31,33-36,38,53H,5-9,14-27H2,1-4H3,(H,48,56)/t29-,35-,36-,38-/m1/s1. The molecular weight excluding hydrogens is 758 g/mol. The van der Waals surface area contributed by atoms with Crippen molar-refractivity contribution in [2.75, 3.05) is 63.8 Å². The molecule has 318 valence electrons. The molecular formula is C44H64ClN7O6. The summed E-state index contributed by atoms with van der Waals surface area (Å²) >= 11 is 6.28. The van der Waals surface area contributed by atoms with Crippen LogP contribution in [0, 0.1) is 5.92 Å². The quantitative estimate of drug-likeness (QED) is 0.291. The molecule has 1 aromatic heterocycles. The number of benzene rings is 1. The van der Waals surface area contributed by atoms with Gasteiger partial charge in [0, 0.05) is 69.5 Å². The summed E-state index contributed by atoms with van der Waals surface area (Å²) in [5.74, 6) is 1.02. The number of aliphatic hydroxyl groups excluding tert-OH is 1. The number of piperidine rings is 2. The van der Waals surface area contributed by atoms with E-state index in [1.807, 2.05) is 54.8 Å². The van der Waals surface area contributed by atoms with Crippen molar-refractivity contribution in [3.8, 4) is 0 Å².